The number of rotatable bonds is 3. The van der Waals surface area contributed by atoms with E-state index in [2.05, 4.69) is 6.08 Å². The Kier molecular flexibility index (Phi) is 3.72. The van der Waals surface area contributed by atoms with Gasteiger partial charge in [0.1, 0.15) is 6.23 Å². The van der Waals surface area contributed by atoms with Crippen LogP contribution in [0.5, 0.6) is 0 Å². The normalized spacial score (nSPS) is 26.6. The second-order valence-corrected chi connectivity index (χ2v) is 3.40. The molecule has 1 rings (SSSR count). The maximum atomic E-state index is 9.19. The van der Waals surface area contributed by atoms with Crippen molar-refractivity contribution >= 4 is 0 Å². The molecule has 1 aliphatic carbocycles. The highest BCUT2D eigenvalue weighted by Gasteiger charge is 2.11. The van der Waals surface area contributed by atoms with E-state index >= 15 is 0 Å². The minimum Gasteiger partial charge on any atom is -0.393 e. The van der Waals surface area contributed by atoms with E-state index in [4.69, 9.17) is 10.8 Å². The summed E-state index contributed by atoms with van der Waals surface area (Å²) in [6.07, 6.45) is 5.27. The number of hydrogen-bond donors (Lipinski definition) is 3. The molecule has 12 heavy (non-hydrogen) atoms. The van der Waals surface area contributed by atoms with Crippen molar-refractivity contribution in [2.24, 2.45) is 5.73 Å². The van der Waals surface area contributed by atoms with Gasteiger partial charge in [0, 0.05) is 0 Å². The summed E-state index contributed by atoms with van der Waals surface area (Å²) in [6, 6.07) is 0. The molecule has 0 aliphatic heterocycles. The van der Waals surface area contributed by atoms with Crippen LogP contribution in [0.3, 0.4) is 0 Å². The molecule has 4 N–H and O–H groups in total. The molecule has 0 aromatic rings. The van der Waals surface area contributed by atoms with Crippen LogP contribution in [0, 0.1) is 0 Å². The predicted molar refractivity (Wildman–Crippen MR) is 47.4 cm³/mol. The molecule has 0 saturated carbocycles. The number of allylic oxidation sites excluding steroid dienone is 1. The van der Waals surface area contributed by atoms with Crippen LogP contribution in [0.15, 0.2) is 11.6 Å². The monoisotopic (exact) mass is 171 g/mol. The zero-order chi connectivity index (χ0) is 8.97. The molecular weight excluding hydrogens is 154 g/mol. The topological polar surface area (TPSA) is 66.5 Å². The van der Waals surface area contributed by atoms with E-state index in [-0.39, 0.29) is 6.10 Å². The van der Waals surface area contributed by atoms with Crippen molar-refractivity contribution in [1.82, 2.24) is 0 Å². The third-order valence-corrected chi connectivity index (χ3v) is 2.24. The van der Waals surface area contributed by atoms with Crippen molar-refractivity contribution in [3.8, 4) is 0 Å². The second kappa shape index (κ2) is 4.60. The number of nitrogens with two attached hydrogens (primary N) is 1. The average Bonchev–Trinajstić information content (AvgIpc) is 2.03. The lowest BCUT2D eigenvalue weighted by atomic mass is 9.94. The lowest BCUT2D eigenvalue weighted by Gasteiger charge is -2.17. The molecule has 3 heteroatoms. The van der Waals surface area contributed by atoms with Crippen LogP contribution in [0.1, 0.15) is 32.1 Å². The van der Waals surface area contributed by atoms with Gasteiger partial charge in [0.25, 0.3) is 0 Å². The van der Waals surface area contributed by atoms with E-state index in [1.54, 1.807) is 0 Å². The van der Waals surface area contributed by atoms with Crippen molar-refractivity contribution in [2.45, 2.75) is 44.4 Å². The summed E-state index contributed by atoms with van der Waals surface area (Å²) in [5.41, 5.74) is 6.54. The van der Waals surface area contributed by atoms with E-state index in [9.17, 15) is 5.11 Å². The summed E-state index contributed by atoms with van der Waals surface area (Å²) in [4.78, 5) is 0. The molecule has 0 amide bonds. The van der Waals surface area contributed by atoms with E-state index < -0.39 is 6.23 Å². The molecular formula is C9H17NO2. The molecule has 0 radical (unpaired) electrons. The van der Waals surface area contributed by atoms with Crippen LogP contribution in [0.4, 0.5) is 0 Å². The molecule has 0 aromatic carbocycles. The van der Waals surface area contributed by atoms with Gasteiger partial charge >= 0.3 is 0 Å². The Morgan fingerprint density at radius 1 is 1.67 bits per heavy atom. The Morgan fingerprint density at radius 2 is 2.42 bits per heavy atom. The summed E-state index contributed by atoms with van der Waals surface area (Å²) in [7, 11) is 0. The van der Waals surface area contributed by atoms with Crippen LogP contribution >= 0.6 is 0 Å². The first-order valence-corrected chi connectivity index (χ1v) is 4.48. The number of aliphatic hydroxyl groups excluding tert-OH is 2. The minimum absolute atomic E-state index is 0.156. The zero-order valence-corrected chi connectivity index (χ0v) is 7.24. The Balaban J connectivity index is 2.24. The van der Waals surface area contributed by atoms with Crippen LogP contribution in [0.2, 0.25) is 0 Å². The van der Waals surface area contributed by atoms with Gasteiger partial charge in [-0.25, -0.2) is 0 Å². The SMILES string of the molecule is NC(O)CCC1=CCC(O)CC1. The van der Waals surface area contributed by atoms with Crippen molar-refractivity contribution in [2.75, 3.05) is 0 Å². The van der Waals surface area contributed by atoms with Crippen LogP contribution in [0.25, 0.3) is 0 Å². The van der Waals surface area contributed by atoms with Crippen molar-refractivity contribution in [1.29, 1.82) is 0 Å². The van der Waals surface area contributed by atoms with Crippen LogP contribution in [-0.2, 0) is 0 Å². The van der Waals surface area contributed by atoms with Gasteiger partial charge in [-0.05, 0) is 32.1 Å². The largest absolute Gasteiger partial charge is 0.393 e. The standard InChI is InChI=1S/C9H17NO2/c10-9(12)6-3-7-1-4-8(11)5-2-7/h1,8-9,11-12H,2-6,10H2. The quantitative estimate of drug-likeness (QED) is 0.428. The molecule has 0 bridgehead atoms. The van der Waals surface area contributed by atoms with Crippen molar-refractivity contribution in [3.63, 3.8) is 0 Å². The molecule has 0 spiro atoms. The molecule has 0 saturated heterocycles. The van der Waals surface area contributed by atoms with Gasteiger partial charge in [-0.1, -0.05) is 11.6 Å². The molecule has 2 atom stereocenters. The third kappa shape index (κ3) is 3.34. The average molecular weight is 171 g/mol. The van der Waals surface area contributed by atoms with E-state index in [0.717, 1.165) is 25.7 Å². The Bertz CT molecular complexity index is 166. The highest BCUT2D eigenvalue weighted by Crippen LogP contribution is 2.21. The van der Waals surface area contributed by atoms with Gasteiger partial charge in [0.05, 0.1) is 6.10 Å². The fourth-order valence-electron chi connectivity index (χ4n) is 1.43. The van der Waals surface area contributed by atoms with Gasteiger partial charge in [-0.15, -0.1) is 0 Å². The van der Waals surface area contributed by atoms with Gasteiger partial charge in [0.15, 0.2) is 0 Å². The maximum Gasteiger partial charge on any atom is 0.102 e. The van der Waals surface area contributed by atoms with Gasteiger partial charge < -0.3 is 15.9 Å². The fourth-order valence-corrected chi connectivity index (χ4v) is 1.43. The van der Waals surface area contributed by atoms with Gasteiger partial charge in [-0.2, -0.15) is 0 Å². The van der Waals surface area contributed by atoms with Crippen LogP contribution < -0.4 is 5.73 Å². The third-order valence-electron chi connectivity index (χ3n) is 2.24. The molecule has 0 heterocycles. The Hall–Kier alpha value is -0.380. The second-order valence-electron chi connectivity index (χ2n) is 3.40. The maximum absolute atomic E-state index is 9.19. The summed E-state index contributed by atoms with van der Waals surface area (Å²) >= 11 is 0. The van der Waals surface area contributed by atoms with E-state index in [1.807, 2.05) is 0 Å². The number of hydrogen-bond acceptors (Lipinski definition) is 3. The summed E-state index contributed by atoms with van der Waals surface area (Å²) in [6.45, 7) is 0. The summed E-state index contributed by atoms with van der Waals surface area (Å²) in [5, 5.41) is 18.0. The summed E-state index contributed by atoms with van der Waals surface area (Å²) in [5.74, 6) is 0. The molecule has 0 aromatic heterocycles. The Labute approximate surface area is 72.9 Å². The molecule has 3 nitrogen and oxygen atoms in total. The smallest absolute Gasteiger partial charge is 0.102 e. The summed E-state index contributed by atoms with van der Waals surface area (Å²) < 4.78 is 0. The highest BCUT2D eigenvalue weighted by molar-refractivity contribution is 5.06. The van der Waals surface area contributed by atoms with E-state index in [1.165, 1.54) is 5.57 Å². The lowest BCUT2D eigenvalue weighted by Crippen LogP contribution is -2.19. The van der Waals surface area contributed by atoms with Crippen molar-refractivity contribution < 1.29 is 10.2 Å². The lowest BCUT2D eigenvalue weighted by molar-refractivity contribution is 0.157. The Morgan fingerprint density at radius 3 is 2.92 bits per heavy atom. The van der Waals surface area contributed by atoms with Gasteiger partial charge in [0.2, 0.25) is 0 Å². The molecule has 70 valence electrons. The highest BCUT2D eigenvalue weighted by atomic mass is 16.3. The fraction of sp³-hybridized carbons (Fsp3) is 0.778. The van der Waals surface area contributed by atoms with Gasteiger partial charge in [-0.3, -0.25) is 0 Å². The minimum atomic E-state index is -0.697. The molecule has 0 fully saturated rings. The molecule has 2 unspecified atom stereocenters. The van der Waals surface area contributed by atoms with Crippen molar-refractivity contribution in [3.05, 3.63) is 11.6 Å². The first-order chi connectivity index (χ1) is 5.68. The predicted octanol–water partition coefficient (Wildman–Crippen LogP) is 0.515. The van der Waals surface area contributed by atoms with E-state index in [0.29, 0.717) is 6.42 Å². The first kappa shape index (κ1) is 9.71. The first-order valence-electron chi connectivity index (χ1n) is 4.48. The zero-order valence-electron chi connectivity index (χ0n) is 7.24. The van der Waals surface area contributed by atoms with Crippen LogP contribution in [-0.4, -0.2) is 22.5 Å². The number of aliphatic hydroxyl groups is 2. The molecule has 1 aliphatic rings.